The van der Waals surface area contributed by atoms with E-state index in [0.717, 1.165) is 19.6 Å². The van der Waals surface area contributed by atoms with Crippen LogP contribution in [0.1, 0.15) is 25.8 Å². The Labute approximate surface area is 180 Å². The van der Waals surface area contributed by atoms with Gasteiger partial charge in [-0.25, -0.2) is 0 Å². The minimum absolute atomic E-state index is 0.130. The normalized spacial score (nSPS) is 21.8. The molecule has 1 amide bonds. The lowest BCUT2D eigenvalue weighted by atomic mass is 9.84. The maximum Gasteiger partial charge on any atom is 0.226 e. The predicted molar refractivity (Wildman–Crippen MR) is 120 cm³/mol. The van der Waals surface area contributed by atoms with Crippen LogP contribution in [0.15, 0.2) is 54.6 Å². The minimum atomic E-state index is 0.130. The lowest BCUT2D eigenvalue weighted by Gasteiger charge is -2.45. The van der Waals surface area contributed by atoms with Gasteiger partial charge < -0.3 is 14.4 Å². The fourth-order valence-electron chi connectivity index (χ4n) is 4.73. The molecule has 0 spiro atoms. The fourth-order valence-corrected chi connectivity index (χ4v) is 4.73. The van der Waals surface area contributed by atoms with E-state index in [9.17, 15) is 4.79 Å². The number of likely N-dealkylation sites (tertiary alicyclic amines) is 1. The number of para-hydroxylation sites is 2. The second-order valence-corrected chi connectivity index (χ2v) is 8.38. The molecule has 1 fully saturated rings. The summed E-state index contributed by atoms with van der Waals surface area (Å²) in [5, 5.41) is 0. The number of carbonyl (C=O) groups is 1. The third-order valence-electron chi connectivity index (χ3n) is 5.99. The van der Waals surface area contributed by atoms with Crippen molar-refractivity contribution in [2.45, 2.75) is 32.9 Å². The van der Waals surface area contributed by atoms with Crippen LogP contribution in [-0.2, 0) is 11.3 Å². The molecule has 1 unspecified atom stereocenters. The molecule has 1 saturated heterocycles. The van der Waals surface area contributed by atoms with Crippen LogP contribution in [0.5, 0.6) is 11.5 Å². The average molecular weight is 411 g/mol. The van der Waals surface area contributed by atoms with Gasteiger partial charge in [0.05, 0.1) is 20.1 Å². The van der Waals surface area contributed by atoms with Crippen LogP contribution < -0.4 is 9.47 Å². The molecule has 0 N–H and O–H groups in total. The zero-order valence-electron chi connectivity index (χ0n) is 18.6. The number of hydrogen-bond acceptors (Lipinski definition) is 4. The summed E-state index contributed by atoms with van der Waals surface area (Å²) < 4.78 is 11.1. The zero-order chi connectivity index (χ0) is 21.5. The summed E-state index contributed by atoms with van der Waals surface area (Å²) in [6.07, 6.45) is 0.359. The third kappa shape index (κ3) is 5.54. The fraction of sp³-hybridized carbons (Fsp3) is 0.480. The Morgan fingerprint density at radius 2 is 1.60 bits per heavy atom. The number of amides is 1. The molecule has 3 atom stereocenters. The second kappa shape index (κ2) is 10.5. The molecule has 2 aromatic carbocycles. The van der Waals surface area contributed by atoms with Crippen molar-refractivity contribution in [3.63, 3.8) is 0 Å². The van der Waals surface area contributed by atoms with E-state index in [2.05, 4.69) is 49.1 Å². The Balaban J connectivity index is 1.51. The van der Waals surface area contributed by atoms with Gasteiger partial charge >= 0.3 is 0 Å². The molecule has 0 bridgehead atoms. The van der Waals surface area contributed by atoms with Crippen LogP contribution in [0.25, 0.3) is 0 Å². The molecule has 30 heavy (non-hydrogen) atoms. The molecular weight excluding hydrogens is 376 g/mol. The Bertz CT molecular complexity index is 799. The van der Waals surface area contributed by atoms with E-state index in [4.69, 9.17) is 9.47 Å². The predicted octanol–water partition coefficient (Wildman–Crippen LogP) is 4.08. The van der Waals surface area contributed by atoms with Gasteiger partial charge in [-0.2, -0.15) is 0 Å². The first-order valence-electron chi connectivity index (χ1n) is 10.8. The molecule has 5 nitrogen and oxygen atoms in total. The number of rotatable bonds is 8. The van der Waals surface area contributed by atoms with Crippen molar-refractivity contribution < 1.29 is 14.3 Å². The number of hydrogen-bond donors (Lipinski definition) is 0. The summed E-state index contributed by atoms with van der Waals surface area (Å²) in [5.74, 6) is 2.32. The van der Waals surface area contributed by atoms with Crippen LogP contribution in [0.4, 0.5) is 0 Å². The van der Waals surface area contributed by atoms with Crippen molar-refractivity contribution in [1.82, 2.24) is 9.80 Å². The van der Waals surface area contributed by atoms with Crippen molar-refractivity contribution in [3.05, 3.63) is 60.2 Å². The van der Waals surface area contributed by atoms with E-state index in [1.807, 2.05) is 36.2 Å². The van der Waals surface area contributed by atoms with Gasteiger partial charge in [-0.05, 0) is 29.5 Å². The summed E-state index contributed by atoms with van der Waals surface area (Å²) in [6.45, 7) is 7.82. The van der Waals surface area contributed by atoms with Crippen molar-refractivity contribution in [3.8, 4) is 11.5 Å². The zero-order valence-corrected chi connectivity index (χ0v) is 18.6. The number of benzene rings is 2. The van der Waals surface area contributed by atoms with Crippen LogP contribution in [-0.4, -0.2) is 55.6 Å². The first kappa shape index (κ1) is 22.2. The lowest BCUT2D eigenvalue weighted by molar-refractivity contribution is -0.136. The smallest absolute Gasteiger partial charge is 0.226 e. The van der Waals surface area contributed by atoms with Crippen molar-refractivity contribution in [2.75, 3.05) is 33.9 Å². The highest BCUT2D eigenvalue weighted by Gasteiger charge is 2.36. The van der Waals surface area contributed by atoms with Crippen LogP contribution >= 0.6 is 0 Å². The highest BCUT2D eigenvalue weighted by molar-refractivity contribution is 5.76. The SMILES string of the molecule is COc1ccccc1OCCC(=O)N(C)C1[C@H](C)CN(Cc2ccccc2)C[C@@H]1C. The van der Waals surface area contributed by atoms with Gasteiger partial charge in [0.2, 0.25) is 5.91 Å². The second-order valence-electron chi connectivity index (χ2n) is 8.38. The summed E-state index contributed by atoms with van der Waals surface area (Å²) in [7, 11) is 3.56. The first-order valence-corrected chi connectivity index (χ1v) is 10.8. The van der Waals surface area contributed by atoms with Gasteiger partial charge in [-0.3, -0.25) is 9.69 Å². The van der Waals surface area contributed by atoms with Gasteiger partial charge in [0.25, 0.3) is 0 Å². The molecule has 3 rings (SSSR count). The highest BCUT2D eigenvalue weighted by atomic mass is 16.5. The van der Waals surface area contributed by atoms with E-state index in [0.29, 0.717) is 36.4 Å². The number of carbonyl (C=O) groups excluding carboxylic acids is 1. The Hall–Kier alpha value is -2.53. The van der Waals surface area contributed by atoms with Crippen LogP contribution in [0, 0.1) is 11.8 Å². The van der Waals surface area contributed by atoms with Crippen LogP contribution in [0.2, 0.25) is 0 Å². The number of ether oxygens (including phenoxy) is 2. The van der Waals surface area contributed by atoms with E-state index < -0.39 is 0 Å². The van der Waals surface area contributed by atoms with Crippen molar-refractivity contribution in [2.24, 2.45) is 11.8 Å². The molecule has 5 heteroatoms. The van der Waals surface area contributed by atoms with Crippen molar-refractivity contribution in [1.29, 1.82) is 0 Å². The van der Waals surface area contributed by atoms with Crippen LogP contribution in [0.3, 0.4) is 0 Å². The van der Waals surface area contributed by atoms with E-state index in [1.54, 1.807) is 7.11 Å². The Morgan fingerprint density at radius 1 is 1.00 bits per heavy atom. The van der Waals surface area contributed by atoms with E-state index >= 15 is 0 Å². The monoisotopic (exact) mass is 410 g/mol. The first-order chi connectivity index (χ1) is 14.5. The minimum Gasteiger partial charge on any atom is -0.493 e. The van der Waals surface area contributed by atoms with Gasteiger partial charge in [0.15, 0.2) is 11.5 Å². The topological polar surface area (TPSA) is 42.0 Å². The van der Waals surface area contributed by atoms with Gasteiger partial charge in [-0.15, -0.1) is 0 Å². The third-order valence-corrected chi connectivity index (χ3v) is 5.99. The average Bonchev–Trinajstić information content (AvgIpc) is 2.74. The van der Waals surface area contributed by atoms with Crippen molar-refractivity contribution >= 4 is 5.91 Å². The molecule has 162 valence electrons. The molecule has 1 aliphatic rings. The quantitative estimate of drug-likeness (QED) is 0.658. The van der Waals surface area contributed by atoms with E-state index in [-0.39, 0.29) is 11.9 Å². The maximum atomic E-state index is 12.9. The number of methoxy groups -OCH3 is 1. The molecule has 0 aliphatic carbocycles. The molecule has 0 saturated carbocycles. The molecule has 1 aliphatic heterocycles. The van der Waals surface area contributed by atoms with Gasteiger partial charge in [0, 0.05) is 32.7 Å². The van der Waals surface area contributed by atoms with Gasteiger partial charge in [-0.1, -0.05) is 56.3 Å². The number of nitrogens with zero attached hydrogens (tertiary/aromatic N) is 2. The Kier molecular flexibility index (Phi) is 7.75. The van der Waals surface area contributed by atoms with Gasteiger partial charge in [0.1, 0.15) is 0 Å². The lowest BCUT2D eigenvalue weighted by Crippen LogP contribution is -2.55. The molecule has 2 aromatic rings. The largest absolute Gasteiger partial charge is 0.493 e. The Morgan fingerprint density at radius 3 is 2.23 bits per heavy atom. The molecule has 1 heterocycles. The number of piperidine rings is 1. The maximum absolute atomic E-state index is 12.9. The highest BCUT2D eigenvalue weighted by Crippen LogP contribution is 2.28. The standard InChI is InChI=1S/C25H34N2O3/c1-19-16-27(18-21-10-6-5-7-11-21)17-20(2)25(19)26(3)24(28)14-15-30-23-13-9-8-12-22(23)29-4/h5-13,19-20,25H,14-18H2,1-4H3/t19-,20+,25?. The molecule has 0 aromatic heterocycles. The summed E-state index contributed by atoms with van der Waals surface area (Å²) >= 11 is 0. The molecular formula is C25H34N2O3. The van der Waals surface area contributed by atoms with E-state index in [1.165, 1.54) is 5.56 Å². The molecule has 0 radical (unpaired) electrons. The summed E-state index contributed by atoms with van der Waals surface area (Å²) in [5.41, 5.74) is 1.34. The summed E-state index contributed by atoms with van der Waals surface area (Å²) in [4.78, 5) is 17.3. The summed E-state index contributed by atoms with van der Waals surface area (Å²) in [6, 6.07) is 18.4.